The van der Waals surface area contributed by atoms with Crippen molar-refractivity contribution in [2.24, 2.45) is 0 Å². The average molecular weight is 364 g/mol. The van der Waals surface area contributed by atoms with Gasteiger partial charge < -0.3 is 15.0 Å². The molecule has 118 valence electrons. The van der Waals surface area contributed by atoms with Crippen LogP contribution in [0.4, 0.5) is 0 Å². The highest BCUT2D eigenvalue weighted by Crippen LogP contribution is 2.32. The van der Waals surface area contributed by atoms with E-state index in [9.17, 15) is 0 Å². The average Bonchev–Trinajstić information content (AvgIpc) is 2.28. The number of ether oxygens (including phenoxy) is 1. The fourth-order valence-corrected chi connectivity index (χ4v) is 2.17. The summed E-state index contributed by atoms with van der Waals surface area (Å²) in [6.07, 6.45) is 0. The summed E-state index contributed by atoms with van der Waals surface area (Å²) in [5.41, 5.74) is 0.994. The standard InChI is InChI=1S/C13H20Cl2N2O.2ClH/c1-4-18-13-10(7-11(14)8-12(13)15)9-16-5-6-17(2)3;;/h7-8,16H,4-6,9H2,1-3H3;2*1H. The molecule has 0 radical (unpaired) electrons. The number of likely N-dealkylation sites (N-methyl/N-ethyl adjacent to an activating group) is 1. The first-order valence-corrected chi connectivity index (χ1v) is 6.76. The van der Waals surface area contributed by atoms with Crippen LogP contribution in [0.5, 0.6) is 5.75 Å². The molecule has 0 saturated heterocycles. The summed E-state index contributed by atoms with van der Waals surface area (Å²) in [5, 5.41) is 4.54. The lowest BCUT2D eigenvalue weighted by Crippen LogP contribution is -2.26. The Kier molecular flexibility index (Phi) is 13.1. The largest absolute Gasteiger partial charge is 0.492 e. The normalized spacial score (nSPS) is 9.90. The van der Waals surface area contributed by atoms with Crippen LogP contribution in [0.25, 0.3) is 0 Å². The molecule has 0 heterocycles. The van der Waals surface area contributed by atoms with Crippen molar-refractivity contribution < 1.29 is 4.74 Å². The van der Waals surface area contributed by atoms with E-state index in [2.05, 4.69) is 10.2 Å². The molecule has 0 bridgehead atoms. The Morgan fingerprint density at radius 3 is 2.40 bits per heavy atom. The number of hydrogen-bond donors (Lipinski definition) is 1. The smallest absolute Gasteiger partial charge is 0.142 e. The maximum atomic E-state index is 6.13. The number of nitrogens with one attached hydrogen (secondary N) is 1. The van der Waals surface area contributed by atoms with Crippen LogP contribution < -0.4 is 10.1 Å². The maximum absolute atomic E-state index is 6.13. The number of benzene rings is 1. The summed E-state index contributed by atoms with van der Waals surface area (Å²) < 4.78 is 5.56. The van der Waals surface area contributed by atoms with Gasteiger partial charge in [-0.15, -0.1) is 24.8 Å². The van der Waals surface area contributed by atoms with E-state index in [-0.39, 0.29) is 24.8 Å². The molecule has 1 N–H and O–H groups in total. The number of nitrogens with zero attached hydrogens (tertiary/aromatic N) is 1. The van der Waals surface area contributed by atoms with Crippen molar-refractivity contribution in [2.75, 3.05) is 33.8 Å². The van der Waals surface area contributed by atoms with Gasteiger partial charge in [0.25, 0.3) is 0 Å². The highest BCUT2D eigenvalue weighted by Gasteiger charge is 2.10. The number of halogens is 4. The topological polar surface area (TPSA) is 24.5 Å². The van der Waals surface area contributed by atoms with Gasteiger partial charge in [-0.1, -0.05) is 23.2 Å². The summed E-state index contributed by atoms with van der Waals surface area (Å²) in [6, 6.07) is 3.60. The minimum absolute atomic E-state index is 0. The zero-order valence-corrected chi connectivity index (χ0v) is 15.1. The first kappa shape index (κ1) is 22.4. The lowest BCUT2D eigenvalue weighted by molar-refractivity contribution is 0.335. The predicted octanol–water partition coefficient (Wildman–Crippen LogP) is 3.89. The Morgan fingerprint density at radius 2 is 1.85 bits per heavy atom. The van der Waals surface area contributed by atoms with E-state index in [4.69, 9.17) is 27.9 Å². The summed E-state index contributed by atoms with van der Waals surface area (Å²) in [4.78, 5) is 2.13. The second-order valence-corrected chi connectivity index (χ2v) is 5.13. The molecular formula is C13H22Cl4N2O. The summed E-state index contributed by atoms with van der Waals surface area (Å²) in [7, 11) is 4.09. The second kappa shape index (κ2) is 11.7. The molecule has 1 rings (SSSR count). The van der Waals surface area contributed by atoms with Crippen LogP contribution in [0, 0.1) is 0 Å². The van der Waals surface area contributed by atoms with Crippen molar-refractivity contribution in [3.63, 3.8) is 0 Å². The molecular weight excluding hydrogens is 342 g/mol. The first-order valence-electron chi connectivity index (χ1n) is 6.00. The summed E-state index contributed by atoms with van der Waals surface area (Å²) >= 11 is 12.1. The van der Waals surface area contributed by atoms with E-state index in [1.165, 1.54) is 0 Å². The fraction of sp³-hybridized carbons (Fsp3) is 0.538. The van der Waals surface area contributed by atoms with E-state index in [1.807, 2.05) is 27.1 Å². The number of rotatable bonds is 7. The minimum atomic E-state index is 0. The van der Waals surface area contributed by atoms with Crippen molar-refractivity contribution in [3.05, 3.63) is 27.7 Å². The molecule has 1 aromatic rings. The van der Waals surface area contributed by atoms with Crippen LogP contribution in [0.2, 0.25) is 10.0 Å². The molecule has 7 heteroatoms. The zero-order chi connectivity index (χ0) is 13.5. The van der Waals surface area contributed by atoms with E-state index >= 15 is 0 Å². The lowest BCUT2D eigenvalue weighted by atomic mass is 10.2. The van der Waals surface area contributed by atoms with Gasteiger partial charge in [0.2, 0.25) is 0 Å². The third kappa shape index (κ3) is 7.77. The van der Waals surface area contributed by atoms with Crippen molar-refractivity contribution in [3.8, 4) is 5.75 Å². The van der Waals surface area contributed by atoms with Crippen LogP contribution in [0.15, 0.2) is 12.1 Å². The van der Waals surface area contributed by atoms with Gasteiger partial charge in [0.15, 0.2) is 0 Å². The lowest BCUT2D eigenvalue weighted by Gasteiger charge is -2.14. The molecule has 0 saturated carbocycles. The SMILES string of the molecule is CCOc1c(Cl)cc(Cl)cc1CNCCN(C)C.Cl.Cl. The Bertz CT molecular complexity index is 389. The van der Waals surface area contributed by atoms with Gasteiger partial charge in [0.05, 0.1) is 11.6 Å². The highest BCUT2D eigenvalue weighted by atomic mass is 35.5. The van der Waals surface area contributed by atoms with Crippen molar-refractivity contribution >= 4 is 48.0 Å². The van der Waals surface area contributed by atoms with Gasteiger partial charge >= 0.3 is 0 Å². The van der Waals surface area contributed by atoms with Gasteiger partial charge in [-0.3, -0.25) is 0 Å². The predicted molar refractivity (Wildman–Crippen MR) is 92.4 cm³/mol. The fourth-order valence-electron chi connectivity index (χ4n) is 1.58. The maximum Gasteiger partial charge on any atom is 0.142 e. The van der Waals surface area contributed by atoms with Crippen LogP contribution in [0.3, 0.4) is 0 Å². The monoisotopic (exact) mass is 362 g/mol. The second-order valence-electron chi connectivity index (χ2n) is 4.29. The minimum Gasteiger partial charge on any atom is -0.492 e. The Labute approximate surface area is 143 Å². The quantitative estimate of drug-likeness (QED) is 0.744. The molecule has 0 fully saturated rings. The molecule has 0 aliphatic heterocycles. The molecule has 0 aliphatic carbocycles. The molecule has 20 heavy (non-hydrogen) atoms. The zero-order valence-electron chi connectivity index (χ0n) is 11.9. The van der Waals surface area contributed by atoms with Crippen molar-refractivity contribution in [1.29, 1.82) is 0 Å². The Morgan fingerprint density at radius 1 is 1.20 bits per heavy atom. The highest BCUT2D eigenvalue weighted by molar-refractivity contribution is 6.35. The Hall–Kier alpha value is 0.1000. The molecule has 3 nitrogen and oxygen atoms in total. The van der Waals surface area contributed by atoms with Crippen molar-refractivity contribution in [2.45, 2.75) is 13.5 Å². The van der Waals surface area contributed by atoms with E-state index < -0.39 is 0 Å². The molecule has 0 spiro atoms. The summed E-state index contributed by atoms with van der Waals surface area (Å²) in [5.74, 6) is 0.723. The Balaban J connectivity index is 0. The van der Waals surface area contributed by atoms with Gasteiger partial charge in [-0.2, -0.15) is 0 Å². The number of hydrogen-bond acceptors (Lipinski definition) is 3. The summed E-state index contributed by atoms with van der Waals surface area (Å²) in [6.45, 7) is 5.12. The van der Waals surface area contributed by atoms with Crippen LogP contribution in [0.1, 0.15) is 12.5 Å². The van der Waals surface area contributed by atoms with Crippen LogP contribution >= 0.6 is 48.0 Å². The third-order valence-electron chi connectivity index (χ3n) is 2.43. The molecule has 1 aromatic carbocycles. The molecule has 0 atom stereocenters. The van der Waals surface area contributed by atoms with Gasteiger partial charge in [0.1, 0.15) is 5.75 Å². The molecule has 0 aromatic heterocycles. The van der Waals surface area contributed by atoms with E-state index in [0.29, 0.717) is 23.2 Å². The van der Waals surface area contributed by atoms with Gasteiger partial charge in [-0.25, -0.2) is 0 Å². The molecule has 0 unspecified atom stereocenters. The molecule has 0 amide bonds. The van der Waals surface area contributed by atoms with Crippen LogP contribution in [-0.2, 0) is 6.54 Å². The van der Waals surface area contributed by atoms with Crippen LogP contribution in [-0.4, -0.2) is 38.7 Å². The van der Waals surface area contributed by atoms with Gasteiger partial charge in [0, 0.05) is 30.2 Å². The molecule has 0 aliphatic rings. The third-order valence-corrected chi connectivity index (χ3v) is 2.92. The first-order chi connectivity index (χ1) is 8.54. The van der Waals surface area contributed by atoms with E-state index in [1.54, 1.807) is 6.07 Å². The van der Waals surface area contributed by atoms with Gasteiger partial charge in [-0.05, 0) is 33.2 Å². The van der Waals surface area contributed by atoms with E-state index in [0.717, 1.165) is 24.4 Å². The van der Waals surface area contributed by atoms with Crippen molar-refractivity contribution in [1.82, 2.24) is 10.2 Å².